The average molecular weight is 460 g/mol. The molecule has 0 saturated carbocycles. The van der Waals surface area contributed by atoms with Gasteiger partial charge in [0.15, 0.2) is 11.5 Å². The van der Waals surface area contributed by atoms with E-state index in [1.165, 1.54) is 18.5 Å². The van der Waals surface area contributed by atoms with E-state index in [-0.39, 0.29) is 5.91 Å². The van der Waals surface area contributed by atoms with Crippen LogP contribution >= 0.6 is 0 Å². The van der Waals surface area contributed by atoms with Crippen LogP contribution in [0.4, 0.5) is 11.4 Å². The number of amides is 1. The monoisotopic (exact) mass is 459 g/mol. The van der Waals surface area contributed by atoms with Crippen molar-refractivity contribution in [2.24, 2.45) is 0 Å². The molecule has 2 heterocycles. The number of sulfonamides is 1. The highest BCUT2D eigenvalue weighted by molar-refractivity contribution is 7.92. The van der Waals surface area contributed by atoms with Crippen LogP contribution < -0.4 is 24.0 Å². The number of benzene rings is 2. The molecule has 4 rings (SSSR count). The van der Waals surface area contributed by atoms with Crippen molar-refractivity contribution < 1.29 is 22.7 Å². The fourth-order valence-corrected chi connectivity index (χ4v) is 5.28. The minimum atomic E-state index is -3.72. The maximum absolute atomic E-state index is 12.9. The number of nitrogens with one attached hydrogen (secondary N) is 1. The summed E-state index contributed by atoms with van der Waals surface area (Å²) in [5.74, 6) is 0.643. The Bertz CT molecular complexity index is 1070. The number of ether oxygens (including phenoxy) is 2. The summed E-state index contributed by atoms with van der Waals surface area (Å²) in [4.78, 5) is 15.2. The van der Waals surface area contributed by atoms with Gasteiger partial charge in [0.2, 0.25) is 15.9 Å². The van der Waals surface area contributed by atoms with Gasteiger partial charge in [0, 0.05) is 31.4 Å². The second-order valence-corrected chi connectivity index (χ2v) is 10.0. The molecule has 0 unspecified atom stereocenters. The van der Waals surface area contributed by atoms with E-state index in [4.69, 9.17) is 9.47 Å². The molecule has 0 bridgehead atoms. The quantitative estimate of drug-likeness (QED) is 0.685. The van der Waals surface area contributed by atoms with Gasteiger partial charge in [-0.1, -0.05) is 12.1 Å². The Morgan fingerprint density at radius 1 is 1.06 bits per heavy atom. The lowest BCUT2D eigenvalue weighted by Crippen LogP contribution is -2.47. The Morgan fingerprint density at radius 2 is 1.72 bits per heavy atom. The number of hydrogen-bond acceptors (Lipinski definition) is 6. The lowest BCUT2D eigenvalue weighted by molar-refractivity contribution is -0.122. The van der Waals surface area contributed by atoms with Crippen molar-refractivity contribution in [1.29, 1.82) is 0 Å². The Kier molecular flexibility index (Phi) is 6.45. The fourth-order valence-electron chi connectivity index (χ4n) is 4.11. The number of carbonyl (C=O) groups is 1. The summed E-state index contributed by atoms with van der Waals surface area (Å²) in [5, 5.41) is 2.86. The zero-order valence-electron chi connectivity index (χ0n) is 18.4. The van der Waals surface area contributed by atoms with Crippen LogP contribution in [0.1, 0.15) is 25.3 Å². The summed E-state index contributed by atoms with van der Waals surface area (Å²) in [6.07, 6.45) is 3.52. The van der Waals surface area contributed by atoms with Gasteiger partial charge in [-0.3, -0.25) is 9.10 Å². The minimum absolute atomic E-state index is 0.322. The molecule has 1 saturated heterocycles. The molecular formula is C23H29N3O5S. The highest BCUT2D eigenvalue weighted by Crippen LogP contribution is 2.35. The first-order valence-electron chi connectivity index (χ1n) is 10.8. The SMILES string of the molecule is C[C@@H](C(=O)NCc1ccc(N2CCCC2)cc1)N(c1ccc2c(c1)OCCO2)S(C)(=O)=O. The van der Waals surface area contributed by atoms with E-state index in [2.05, 4.69) is 22.3 Å². The van der Waals surface area contributed by atoms with Crippen LogP contribution in [-0.2, 0) is 21.4 Å². The van der Waals surface area contributed by atoms with Gasteiger partial charge in [-0.15, -0.1) is 0 Å². The smallest absolute Gasteiger partial charge is 0.243 e. The molecule has 1 amide bonds. The van der Waals surface area contributed by atoms with Crippen LogP contribution in [0.3, 0.4) is 0 Å². The van der Waals surface area contributed by atoms with E-state index in [0.717, 1.165) is 29.2 Å². The van der Waals surface area contributed by atoms with Crippen molar-refractivity contribution in [3.05, 3.63) is 48.0 Å². The van der Waals surface area contributed by atoms with Crippen molar-refractivity contribution >= 4 is 27.3 Å². The van der Waals surface area contributed by atoms with Crippen LogP contribution in [0.25, 0.3) is 0 Å². The third-order valence-electron chi connectivity index (χ3n) is 5.74. The zero-order chi connectivity index (χ0) is 22.7. The molecule has 172 valence electrons. The number of anilines is 2. The second-order valence-electron chi connectivity index (χ2n) is 8.14. The molecule has 32 heavy (non-hydrogen) atoms. The van der Waals surface area contributed by atoms with E-state index in [1.54, 1.807) is 25.1 Å². The largest absolute Gasteiger partial charge is 0.486 e. The van der Waals surface area contributed by atoms with Gasteiger partial charge < -0.3 is 19.7 Å². The van der Waals surface area contributed by atoms with Gasteiger partial charge in [-0.25, -0.2) is 8.42 Å². The molecule has 2 aliphatic rings. The van der Waals surface area contributed by atoms with Crippen molar-refractivity contribution in [3.63, 3.8) is 0 Å². The van der Waals surface area contributed by atoms with Crippen molar-refractivity contribution in [1.82, 2.24) is 5.32 Å². The van der Waals surface area contributed by atoms with Crippen LogP contribution in [0.5, 0.6) is 11.5 Å². The normalized spacial score (nSPS) is 16.5. The summed E-state index contributed by atoms with van der Waals surface area (Å²) in [5.41, 5.74) is 2.50. The van der Waals surface area contributed by atoms with Gasteiger partial charge in [0.25, 0.3) is 0 Å². The molecule has 0 radical (unpaired) electrons. The van der Waals surface area contributed by atoms with Crippen molar-refractivity contribution in [2.75, 3.05) is 41.8 Å². The first-order chi connectivity index (χ1) is 15.3. The molecule has 2 aromatic carbocycles. The van der Waals surface area contributed by atoms with E-state index in [9.17, 15) is 13.2 Å². The number of rotatable bonds is 7. The number of fused-ring (bicyclic) bond motifs is 1. The van der Waals surface area contributed by atoms with Crippen LogP contribution in [0.2, 0.25) is 0 Å². The van der Waals surface area contributed by atoms with Crippen LogP contribution in [0, 0.1) is 0 Å². The van der Waals surface area contributed by atoms with E-state index in [1.807, 2.05) is 12.1 Å². The number of hydrogen-bond donors (Lipinski definition) is 1. The Hall–Kier alpha value is -2.94. The summed E-state index contributed by atoms with van der Waals surface area (Å²) < 4.78 is 37.3. The van der Waals surface area contributed by atoms with Crippen LogP contribution in [-0.4, -0.2) is 52.9 Å². The van der Waals surface area contributed by atoms with Gasteiger partial charge >= 0.3 is 0 Å². The predicted octanol–water partition coefficient (Wildman–Crippen LogP) is 2.53. The topological polar surface area (TPSA) is 88.2 Å². The first kappa shape index (κ1) is 22.3. The second kappa shape index (κ2) is 9.28. The molecular weight excluding hydrogens is 430 g/mol. The van der Waals surface area contributed by atoms with Crippen LogP contribution in [0.15, 0.2) is 42.5 Å². The zero-order valence-corrected chi connectivity index (χ0v) is 19.2. The molecule has 0 spiro atoms. The maximum atomic E-state index is 12.9. The van der Waals surface area contributed by atoms with E-state index >= 15 is 0 Å². The Morgan fingerprint density at radius 3 is 2.38 bits per heavy atom. The maximum Gasteiger partial charge on any atom is 0.243 e. The summed E-state index contributed by atoms with van der Waals surface area (Å²) in [6, 6.07) is 12.1. The number of carbonyl (C=O) groups excluding carboxylic acids is 1. The standard InChI is InChI=1S/C23H29N3O5S/c1-17(23(27)24-16-18-5-7-19(8-6-18)25-11-3-4-12-25)26(32(2,28)29)20-9-10-21-22(15-20)31-14-13-30-21/h5-10,15,17H,3-4,11-14,16H2,1-2H3,(H,24,27)/t17-/m0/s1. The molecule has 1 atom stereocenters. The first-order valence-corrected chi connectivity index (χ1v) is 12.7. The summed E-state index contributed by atoms with van der Waals surface area (Å²) in [6.45, 7) is 4.89. The van der Waals surface area contributed by atoms with Gasteiger partial charge in [-0.05, 0) is 49.6 Å². The molecule has 0 aliphatic carbocycles. The fraction of sp³-hybridized carbons (Fsp3) is 0.435. The average Bonchev–Trinajstić information content (AvgIpc) is 3.32. The molecule has 0 aromatic heterocycles. The third kappa shape index (κ3) is 4.93. The lowest BCUT2D eigenvalue weighted by Gasteiger charge is -2.29. The van der Waals surface area contributed by atoms with Gasteiger partial charge in [-0.2, -0.15) is 0 Å². The predicted molar refractivity (Wildman–Crippen MR) is 124 cm³/mol. The van der Waals surface area contributed by atoms with Gasteiger partial charge in [0.05, 0.1) is 11.9 Å². The minimum Gasteiger partial charge on any atom is -0.486 e. The molecule has 2 aliphatic heterocycles. The van der Waals surface area contributed by atoms with E-state index < -0.39 is 16.1 Å². The highest BCUT2D eigenvalue weighted by Gasteiger charge is 2.30. The number of nitrogens with zero attached hydrogens (tertiary/aromatic N) is 2. The Balaban J connectivity index is 1.44. The molecule has 2 aromatic rings. The lowest BCUT2D eigenvalue weighted by atomic mass is 10.2. The molecule has 8 nitrogen and oxygen atoms in total. The summed E-state index contributed by atoms with van der Waals surface area (Å²) in [7, 11) is -3.72. The molecule has 1 fully saturated rings. The third-order valence-corrected chi connectivity index (χ3v) is 6.98. The van der Waals surface area contributed by atoms with Crippen molar-refractivity contribution in [3.8, 4) is 11.5 Å². The van der Waals surface area contributed by atoms with E-state index in [0.29, 0.717) is 36.9 Å². The van der Waals surface area contributed by atoms with Gasteiger partial charge in [0.1, 0.15) is 19.3 Å². The summed E-state index contributed by atoms with van der Waals surface area (Å²) >= 11 is 0. The molecule has 9 heteroatoms. The molecule has 1 N–H and O–H groups in total. The Labute approximate surface area is 189 Å². The highest BCUT2D eigenvalue weighted by atomic mass is 32.2. The van der Waals surface area contributed by atoms with Crippen molar-refractivity contribution in [2.45, 2.75) is 32.4 Å².